The highest BCUT2D eigenvalue weighted by Gasteiger charge is 2.17. The fourth-order valence-corrected chi connectivity index (χ4v) is 1.64. The maximum Gasteiger partial charge on any atom is 0.0735 e. The van der Waals surface area contributed by atoms with Gasteiger partial charge in [-0.1, -0.05) is 43.7 Å². The average molecular weight is 207 g/mol. The maximum atomic E-state index is 9.89. The first-order chi connectivity index (χ1) is 7.00. The van der Waals surface area contributed by atoms with E-state index >= 15 is 0 Å². The summed E-state index contributed by atoms with van der Waals surface area (Å²) < 4.78 is 0. The number of nitrogens with two attached hydrogens (primary N) is 1. The van der Waals surface area contributed by atoms with Crippen LogP contribution in [0.25, 0.3) is 0 Å². The van der Waals surface area contributed by atoms with E-state index in [-0.39, 0.29) is 6.04 Å². The second-order valence-corrected chi connectivity index (χ2v) is 4.63. The fourth-order valence-electron chi connectivity index (χ4n) is 1.64. The minimum absolute atomic E-state index is 0.270. The Morgan fingerprint density at radius 1 is 1.20 bits per heavy atom. The molecule has 2 atom stereocenters. The second kappa shape index (κ2) is 5.29. The molecule has 0 amide bonds. The SMILES string of the molecule is Cc1ccc([C@H](N)[C@H](O)CC(C)C)cc1. The van der Waals surface area contributed by atoms with E-state index < -0.39 is 6.10 Å². The van der Waals surface area contributed by atoms with Gasteiger partial charge in [-0.05, 0) is 24.8 Å². The third-order valence-corrected chi connectivity index (χ3v) is 2.59. The van der Waals surface area contributed by atoms with Crippen molar-refractivity contribution < 1.29 is 5.11 Å². The van der Waals surface area contributed by atoms with Gasteiger partial charge < -0.3 is 10.8 Å². The van der Waals surface area contributed by atoms with Crippen LogP contribution in [0.4, 0.5) is 0 Å². The summed E-state index contributed by atoms with van der Waals surface area (Å²) in [6.45, 7) is 6.22. The molecule has 0 fully saturated rings. The lowest BCUT2D eigenvalue weighted by Crippen LogP contribution is -2.27. The van der Waals surface area contributed by atoms with Gasteiger partial charge in [0.05, 0.1) is 12.1 Å². The van der Waals surface area contributed by atoms with Crippen LogP contribution in [0.15, 0.2) is 24.3 Å². The van der Waals surface area contributed by atoms with E-state index in [2.05, 4.69) is 13.8 Å². The minimum Gasteiger partial charge on any atom is -0.391 e. The van der Waals surface area contributed by atoms with Crippen LogP contribution in [0, 0.1) is 12.8 Å². The molecule has 2 nitrogen and oxygen atoms in total. The topological polar surface area (TPSA) is 46.2 Å². The molecule has 0 heterocycles. The number of aliphatic hydroxyl groups excluding tert-OH is 1. The molecule has 0 saturated carbocycles. The zero-order chi connectivity index (χ0) is 11.4. The Kier molecular flexibility index (Phi) is 4.30. The molecular formula is C13H21NO. The van der Waals surface area contributed by atoms with E-state index in [4.69, 9.17) is 5.73 Å². The molecule has 0 aliphatic rings. The molecule has 84 valence electrons. The van der Waals surface area contributed by atoms with E-state index in [0.717, 1.165) is 12.0 Å². The van der Waals surface area contributed by atoms with Gasteiger partial charge in [-0.15, -0.1) is 0 Å². The van der Waals surface area contributed by atoms with Crippen LogP contribution in [0.3, 0.4) is 0 Å². The average Bonchev–Trinajstić information content (AvgIpc) is 2.17. The molecule has 2 heteroatoms. The largest absolute Gasteiger partial charge is 0.391 e. The first kappa shape index (κ1) is 12.2. The van der Waals surface area contributed by atoms with Crippen LogP contribution in [0.2, 0.25) is 0 Å². The van der Waals surface area contributed by atoms with Crippen molar-refractivity contribution in [1.29, 1.82) is 0 Å². The van der Waals surface area contributed by atoms with Crippen molar-refractivity contribution in [2.24, 2.45) is 11.7 Å². The Morgan fingerprint density at radius 2 is 1.73 bits per heavy atom. The highest BCUT2D eigenvalue weighted by atomic mass is 16.3. The summed E-state index contributed by atoms with van der Waals surface area (Å²) in [5.41, 5.74) is 8.21. The second-order valence-electron chi connectivity index (χ2n) is 4.63. The summed E-state index contributed by atoms with van der Waals surface area (Å²) >= 11 is 0. The number of rotatable bonds is 4. The molecule has 0 bridgehead atoms. The van der Waals surface area contributed by atoms with E-state index in [0.29, 0.717) is 5.92 Å². The van der Waals surface area contributed by atoms with Gasteiger partial charge in [0.1, 0.15) is 0 Å². The van der Waals surface area contributed by atoms with Gasteiger partial charge in [-0.2, -0.15) is 0 Å². The Balaban J connectivity index is 2.67. The van der Waals surface area contributed by atoms with Gasteiger partial charge in [-0.3, -0.25) is 0 Å². The number of aryl methyl sites for hydroxylation is 1. The minimum atomic E-state index is -0.451. The lowest BCUT2D eigenvalue weighted by Gasteiger charge is -2.20. The van der Waals surface area contributed by atoms with Crippen molar-refractivity contribution in [3.63, 3.8) is 0 Å². The lowest BCUT2D eigenvalue weighted by atomic mass is 9.95. The molecule has 0 aliphatic heterocycles. The predicted octanol–water partition coefficient (Wildman–Crippen LogP) is 2.40. The van der Waals surface area contributed by atoms with E-state index in [1.165, 1.54) is 5.56 Å². The van der Waals surface area contributed by atoms with Crippen LogP contribution >= 0.6 is 0 Å². The monoisotopic (exact) mass is 207 g/mol. The summed E-state index contributed by atoms with van der Waals surface area (Å²) in [6, 6.07) is 7.76. The Hall–Kier alpha value is -0.860. The fraction of sp³-hybridized carbons (Fsp3) is 0.538. The summed E-state index contributed by atoms with van der Waals surface area (Å²) in [7, 11) is 0. The molecular weight excluding hydrogens is 186 g/mol. The van der Waals surface area contributed by atoms with Gasteiger partial charge in [0, 0.05) is 0 Å². The molecule has 0 aromatic heterocycles. The molecule has 1 rings (SSSR count). The molecule has 15 heavy (non-hydrogen) atoms. The number of benzene rings is 1. The quantitative estimate of drug-likeness (QED) is 0.796. The van der Waals surface area contributed by atoms with Crippen LogP contribution in [-0.2, 0) is 0 Å². The van der Waals surface area contributed by atoms with Crippen molar-refractivity contribution >= 4 is 0 Å². The van der Waals surface area contributed by atoms with Crippen molar-refractivity contribution in [1.82, 2.24) is 0 Å². The normalized spacial score (nSPS) is 15.3. The standard InChI is InChI=1S/C13H21NO/c1-9(2)8-12(15)13(14)11-6-4-10(3)5-7-11/h4-7,9,12-13,15H,8,14H2,1-3H3/t12-,13+/m1/s1. The first-order valence-corrected chi connectivity index (χ1v) is 5.51. The molecule has 0 aliphatic carbocycles. The van der Waals surface area contributed by atoms with Crippen molar-refractivity contribution in [3.8, 4) is 0 Å². The first-order valence-electron chi connectivity index (χ1n) is 5.51. The molecule has 1 aromatic rings. The van der Waals surface area contributed by atoms with Crippen LogP contribution < -0.4 is 5.73 Å². The van der Waals surface area contributed by atoms with Crippen molar-refractivity contribution in [2.45, 2.75) is 39.3 Å². The van der Waals surface area contributed by atoms with Gasteiger partial charge in [0.25, 0.3) is 0 Å². The van der Waals surface area contributed by atoms with Crippen LogP contribution in [0.5, 0.6) is 0 Å². The summed E-state index contributed by atoms with van der Waals surface area (Å²) in [5.74, 6) is 0.469. The lowest BCUT2D eigenvalue weighted by molar-refractivity contribution is 0.121. The summed E-state index contributed by atoms with van der Waals surface area (Å²) in [6.07, 6.45) is 0.294. The van der Waals surface area contributed by atoms with Crippen molar-refractivity contribution in [2.75, 3.05) is 0 Å². The molecule has 0 radical (unpaired) electrons. The number of hydrogen-bond acceptors (Lipinski definition) is 2. The van der Waals surface area contributed by atoms with Gasteiger partial charge >= 0.3 is 0 Å². The van der Waals surface area contributed by atoms with E-state index in [1.54, 1.807) is 0 Å². The zero-order valence-corrected chi connectivity index (χ0v) is 9.77. The van der Waals surface area contributed by atoms with E-state index in [9.17, 15) is 5.11 Å². The molecule has 1 aromatic carbocycles. The summed E-state index contributed by atoms with van der Waals surface area (Å²) in [5, 5.41) is 9.89. The number of aliphatic hydroxyl groups is 1. The third-order valence-electron chi connectivity index (χ3n) is 2.59. The zero-order valence-electron chi connectivity index (χ0n) is 9.77. The van der Waals surface area contributed by atoms with Crippen LogP contribution in [0.1, 0.15) is 37.4 Å². The molecule has 0 spiro atoms. The Bertz CT molecular complexity index is 292. The van der Waals surface area contributed by atoms with Gasteiger partial charge in [0.2, 0.25) is 0 Å². The van der Waals surface area contributed by atoms with Crippen molar-refractivity contribution in [3.05, 3.63) is 35.4 Å². The summed E-state index contributed by atoms with van der Waals surface area (Å²) in [4.78, 5) is 0. The van der Waals surface area contributed by atoms with Gasteiger partial charge in [-0.25, -0.2) is 0 Å². The maximum absolute atomic E-state index is 9.89. The Morgan fingerprint density at radius 3 is 2.20 bits per heavy atom. The highest BCUT2D eigenvalue weighted by molar-refractivity contribution is 5.24. The van der Waals surface area contributed by atoms with E-state index in [1.807, 2.05) is 31.2 Å². The Labute approximate surface area is 92.1 Å². The number of hydrogen-bond donors (Lipinski definition) is 2. The van der Waals surface area contributed by atoms with Gasteiger partial charge in [0.15, 0.2) is 0 Å². The highest BCUT2D eigenvalue weighted by Crippen LogP contribution is 2.19. The van der Waals surface area contributed by atoms with Crippen LogP contribution in [-0.4, -0.2) is 11.2 Å². The smallest absolute Gasteiger partial charge is 0.0735 e. The molecule has 3 N–H and O–H groups in total. The molecule has 0 unspecified atom stereocenters. The predicted molar refractivity (Wildman–Crippen MR) is 63.6 cm³/mol. The third kappa shape index (κ3) is 3.65. The molecule has 0 saturated heterocycles.